The summed E-state index contributed by atoms with van der Waals surface area (Å²) in [5.41, 5.74) is 6.05. The maximum absolute atomic E-state index is 6.05. The van der Waals surface area contributed by atoms with E-state index in [0.717, 1.165) is 0 Å². The normalized spacial score (nSPS) is 33.5. The molecule has 3 heteroatoms. The molecule has 2 nitrogen and oxygen atoms in total. The van der Waals surface area contributed by atoms with Gasteiger partial charge in [0.1, 0.15) is 0 Å². The van der Waals surface area contributed by atoms with Crippen LogP contribution in [0.25, 0.3) is 0 Å². The third kappa shape index (κ3) is 3.87. The van der Waals surface area contributed by atoms with Crippen molar-refractivity contribution >= 4 is 11.8 Å². The van der Waals surface area contributed by atoms with Gasteiger partial charge in [-0.15, -0.1) is 0 Å². The first-order valence-electron chi connectivity index (χ1n) is 7.28. The topological polar surface area (TPSA) is 38.0 Å². The molecule has 100 valence electrons. The summed E-state index contributed by atoms with van der Waals surface area (Å²) < 4.78 is 0.528. The molecule has 3 N–H and O–H groups in total. The molecule has 0 aromatic rings. The summed E-state index contributed by atoms with van der Waals surface area (Å²) in [7, 11) is 0. The molecule has 2 rings (SSSR count). The van der Waals surface area contributed by atoms with E-state index in [0.29, 0.717) is 16.8 Å². The van der Waals surface area contributed by atoms with E-state index in [1.807, 2.05) is 0 Å². The minimum Gasteiger partial charge on any atom is -0.328 e. The second-order valence-electron chi connectivity index (χ2n) is 5.95. The van der Waals surface area contributed by atoms with E-state index in [2.05, 4.69) is 23.3 Å². The SMILES string of the molecule is CSC1(CNC2CCCC(N)C2)CCCCC1. The maximum Gasteiger partial charge on any atom is 0.0281 e. The van der Waals surface area contributed by atoms with Gasteiger partial charge in [0.25, 0.3) is 0 Å². The Balaban J connectivity index is 1.78. The van der Waals surface area contributed by atoms with Crippen molar-refractivity contribution in [3.05, 3.63) is 0 Å². The predicted octanol–water partition coefficient (Wildman–Crippen LogP) is 2.91. The zero-order chi connectivity index (χ0) is 12.1. The monoisotopic (exact) mass is 256 g/mol. The summed E-state index contributed by atoms with van der Waals surface area (Å²) in [5, 5.41) is 3.81. The lowest BCUT2D eigenvalue weighted by Gasteiger charge is -2.38. The van der Waals surface area contributed by atoms with Crippen molar-refractivity contribution < 1.29 is 0 Å². The average Bonchev–Trinajstić information content (AvgIpc) is 2.38. The number of nitrogens with one attached hydrogen (secondary N) is 1. The molecule has 2 aliphatic carbocycles. The van der Waals surface area contributed by atoms with E-state index in [9.17, 15) is 0 Å². The highest BCUT2D eigenvalue weighted by Crippen LogP contribution is 2.38. The van der Waals surface area contributed by atoms with Gasteiger partial charge in [-0.1, -0.05) is 25.7 Å². The number of thioether (sulfide) groups is 1. The Kier molecular flexibility index (Phi) is 5.19. The van der Waals surface area contributed by atoms with Crippen molar-refractivity contribution in [2.45, 2.75) is 74.6 Å². The first-order valence-corrected chi connectivity index (χ1v) is 8.51. The molecule has 2 fully saturated rings. The van der Waals surface area contributed by atoms with E-state index in [1.165, 1.54) is 64.3 Å². The molecule has 0 amide bonds. The van der Waals surface area contributed by atoms with Gasteiger partial charge in [0.15, 0.2) is 0 Å². The number of hydrogen-bond acceptors (Lipinski definition) is 3. The fourth-order valence-corrected chi connectivity index (χ4v) is 4.32. The smallest absolute Gasteiger partial charge is 0.0281 e. The minimum atomic E-state index is 0.442. The van der Waals surface area contributed by atoms with Crippen molar-refractivity contribution in [3.8, 4) is 0 Å². The highest BCUT2D eigenvalue weighted by Gasteiger charge is 2.32. The zero-order valence-corrected chi connectivity index (χ0v) is 12.0. The van der Waals surface area contributed by atoms with Crippen LogP contribution in [-0.2, 0) is 0 Å². The van der Waals surface area contributed by atoms with Crippen LogP contribution in [0.3, 0.4) is 0 Å². The fourth-order valence-electron chi connectivity index (χ4n) is 3.39. The molecular formula is C14H28N2S. The van der Waals surface area contributed by atoms with Crippen LogP contribution in [0.4, 0.5) is 0 Å². The molecule has 0 saturated heterocycles. The molecule has 2 aliphatic rings. The Labute approximate surface area is 110 Å². The first-order chi connectivity index (χ1) is 8.24. The molecule has 0 aromatic heterocycles. The summed E-state index contributed by atoms with van der Waals surface area (Å²) in [6.07, 6.45) is 14.4. The van der Waals surface area contributed by atoms with Gasteiger partial charge in [-0.05, 0) is 38.4 Å². The molecule has 17 heavy (non-hydrogen) atoms. The summed E-state index contributed by atoms with van der Waals surface area (Å²) in [5.74, 6) is 0. The van der Waals surface area contributed by atoms with Gasteiger partial charge in [-0.25, -0.2) is 0 Å². The predicted molar refractivity (Wildman–Crippen MR) is 77.6 cm³/mol. The standard InChI is InChI=1S/C14H28N2S/c1-17-14(8-3-2-4-9-14)11-16-13-7-5-6-12(15)10-13/h12-13,16H,2-11,15H2,1H3. The third-order valence-corrected chi connectivity index (χ3v) is 6.04. The van der Waals surface area contributed by atoms with Crippen molar-refractivity contribution in [2.24, 2.45) is 5.73 Å². The largest absolute Gasteiger partial charge is 0.328 e. The van der Waals surface area contributed by atoms with Crippen molar-refractivity contribution in [2.75, 3.05) is 12.8 Å². The van der Waals surface area contributed by atoms with Gasteiger partial charge in [-0.2, -0.15) is 11.8 Å². The lowest BCUT2D eigenvalue weighted by atomic mass is 9.87. The quantitative estimate of drug-likeness (QED) is 0.812. The van der Waals surface area contributed by atoms with E-state index >= 15 is 0 Å². The zero-order valence-electron chi connectivity index (χ0n) is 11.2. The molecule has 0 aromatic carbocycles. The van der Waals surface area contributed by atoms with Crippen molar-refractivity contribution in [1.29, 1.82) is 0 Å². The third-order valence-electron chi connectivity index (χ3n) is 4.63. The molecule has 2 saturated carbocycles. The minimum absolute atomic E-state index is 0.442. The second-order valence-corrected chi connectivity index (χ2v) is 7.23. The van der Waals surface area contributed by atoms with Crippen LogP contribution < -0.4 is 11.1 Å². The lowest BCUT2D eigenvalue weighted by molar-refractivity contribution is 0.306. The molecule has 0 heterocycles. The van der Waals surface area contributed by atoms with Crippen molar-refractivity contribution in [3.63, 3.8) is 0 Å². The van der Waals surface area contributed by atoms with Crippen LogP contribution in [0.5, 0.6) is 0 Å². The molecule has 0 bridgehead atoms. The molecular weight excluding hydrogens is 228 g/mol. The Morgan fingerprint density at radius 3 is 2.59 bits per heavy atom. The summed E-state index contributed by atoms with van der Waals surface area (Å²) in [6, 6.07) is 1.13. The van der Waals surface area contributed by atoms with Crippen LogP contribution in [0, 0.1) is 0 Å². The maximum atomic E-state index is 6.05. The summed E-state index contributed by atoms with van der Waals surface area (Å²) in [6.45, 7) is 1.20. The van der Waals surface area contributed by atoms with Crippen LogP contribution in [0.15, 0.2) is 0 Å². The Bertz CT molecular complexity index is 226. The summed E-state index contributed by atoms with van der Waals surface area (Å²) in [4.78, 5) is 0. The number of rotatable bonds is 4. The van der Waals surface area contributed by atoms with Gasteiger partial charge >= 0.3 is 0 Å². The number of nitrogens with two attached hydrogens (primary N) is 1. The van der Waals surface area contributed by atoms with Gasteiger partial charge < -0.3 is 11.1 Å². The van der Waals surface area contributed by atoms with E-state index in [1.54, 1.807) is 0 Å². The Morgan fingerprint density at radius 1 is 1.18 bits per heavy atom. The van der Waals surface area contributed by atoms with E-state index in [-0.39, 0.29) is 0 Å². The van der Waals surface area contributed by atoms with Gasteiger partial charge in [0.05, 0.1) is 0 Å². The fraction of sp³-hybridized carbons (Fsp3) is 1.00. The van der Waals surface area contributed by atoms with Gasteiger partial charge in [0, 0.05) is 23.4 Å². The lowest BCUT2D eigenvalue weighted by Crippen LogP contribution is -2.46. The second kappa shape index (κ2) is 6.44. The van der Waals surface area contributed by atoms with Crippen molar-refractivity contribution in [1.82, 2.24) is 5.32 Å². The number of hydrogen-bond donors (Lipinski definition) is 2. The van der Waals surface area contributed by atoms with Crippen LogP contribution in [0.1, 0.15) is 57.8 Å². The average molecular weight is 256 g/mol. The van der Waals surface area contributed by atoms with Crippen LogP contribution in [0.2, 0.25) is 0 Å². The van der Waals surface area contributed by atoms with Crippen LogP contribution in [-0.4, -0.2) is 29.6 Å². The van der Waals surface area contributed by atoms with Gasteiger partial charge in [0.2, 0.25) is 0 Å². The molecule has 0 aliphatic heterocycles. The van der Waals surface area contributed by atoms with Gasteiger partial charge in [-0.3, -0.25) is 0 Å². The molecule has 2 unspecified atom stereocenters. The Hall–Kier alpha value is 0.270. The van der Waals surface area contributed by atoms with Crippen LogP contribution >= 0.6 is 11.8 Å². The Morgan fingerprint density at radius 2 is 1.94 bits per heavy atom. The van der Waals surface area contributed by atoms with E-state index < -0.39 is 0 Å². The highest BCUT2D eigenvalue weighted by atomic mass is 32.2. The molecule has 2 atom stereocenters. The highest BCUT2D eigenvalue weighted by molar-refractivity contribution is 8.00. The summed E-state index contributed by atoms with van der Waals surface area (Å²) >= 11 is 2.09. The van der Waals surface area contributed by atoms with E-state index in [4.69, 9.17) is 5.73 Å². The molecule has 0 radical (unpaired) electrons. The molecule has 0 spiro atoms. The first kappa shape index (κ1) is 13.7.